The Labute approximate surface area is 97.1 Å². The molecule has 0 bridgehead atoms. The van der Waals surface area contributed by atoms with Crippen molar-refractivity contribution in [1.29, 1.82) is 0 Å². The van der Waals surface area contributed by atoms with E-state index in [0.29, 0.717) is 6.61 Å². The molecule has 88 valence electrons. The lowest BCUT2D eigenvalue weighted by atomic mass is 10.2. The number of benzene rings is 1. The molecule has 0 heterocycles. The average Bonchev–Trinajstić information content (AvgIpc) is 2.31. The van der Waals surface area contributed by atoms with Crippen molar-refractivity contribution in [3.8, 4) is 11.5 Å². The predicted molar refractivity (Wildman–Crippen MR) is 66.1 cm³/mol. The van der Waals surface area contributed by atoms with Gasteiger partial charge in [-0.25, -0.2) is 0 Å². The quantitative estimate of drug-likeness (QED) is 0.566. The summed E-state index contributed by atoms with van der Waals surface area (Å²) in [5, 5.41) is 3.11. The Hall–Kier alpha value is -1.48. The summed E-state index contributed by atoms with van der Waals surface area (Å²) in [5.41, 5.74) is 1.10. The fraction of sp³-hybridized carbons (Fsp3) is 0.385. The molecule has 0 aliphatic rings. The zero-order valence-electron chi connectivity index (χ0n) is 9.95. The molecule has 0 spiro atoms. The van der Waals surface area contributed by atoms with Gasteiger partial charge in [-0.2, -0.15) is 0 Å². The fourth-order valence-corrected chi connectivity index (χ4v) is 1.40. The molecule has 0 saturated carbocycles. The van der Waals surface area contributed by atoms with Crippen LogP contribution < -0.4 is 14.8 Å². The van der Waals surface area contributed by atoms with E-state index >= 15 is 0 Å². The summed E-state index contributed by atoms with van der Waals surface area (Å²) < 4.78 is 10.8. The minimum atomic E-state index is 0.659. The van der Waals surface area contributed by atoms with Crippen LogP contribution >= 0.6 is 0 Å². The highest BCUT2D eigenvalue weighted by Gasteiger charge is 2.04. The average molecular weight is 221 g/mol. The highest BCUT2D eigenvalue weighted by molar-refractivity contribution is 5.40. The normalized spacial score (nSPS) is 9.88. The molecule has 1 N–H and O–H groups in total. The lowest BCUT2D eigenvalue weighted by Crippen LogP contribution is -2.08. The van der Waals surface area contributed by atoms with Gasteiger partial charge < -0.3 is 14.8 Å². The first-order valence-electron chi connectivity index (χ1n) is 5.37. The van der Waals surface area contributed by atoms with Crippen LogP contribution in [0.15, 0.2) is 30.9 Å². The van der Waals surface area contributed by atoms with Gasteiger partial charge in [-0.3, -0.25) is 0 Å². The summed E-state index contributed by atoms with van der Waals surface area (Å²) in [6.45, 7) is 5.09. The first-order valence-corrected chi connectivity index (χ1v) is 5.37. The molecule has 0 saturated heterocycles. The Morgan fingerprint density at radius 2 is 2.25 bits per heavy atom. The molecule has 3 nitrogen and oxygen atoms in total. The van der Waals surface area contributed by atoms with Crippen LogP contribution in [0.25, 0.3) is 0 Å². The zero-order valence-corrected chi connectivity index (χ0v) is 9.95. The third-order valence-electron chi connectivity index (χ3n) is 2.21. The Morgan fingerprint density at radius 1 is 1.44 bits per heavy atom. The summed E-state index contributed by atoms with van der Waals surface area (Å²) in [6.07, 6.45) is 2.70. The van der Waals surface area contributed by atoms with E-state index < -0.39 is 0 Å². The highest BCUT2D eigenvalue weighted by Crippen LogP contribution is 2.24. The van der Waals surface area contributed by atoms with Crippen LogP contribution in [-0.4, -0.2) is 20.8 Å². The summed E-state index contributed by atoms with van der Waals surface area (Å²) in [4.78, 5) is 0. The lowest BCUT2D eigenvalue weighted by Gasteiger charge is -2.12. The Morgan fingerprint density at radius 3 is 2.88 bits per heavy atom. The van der Waals surface area contributed by atoms with Crippen molar-refractivity contribution >= 4 is 0 Å². The van der Waals surface area contributed by atoms with Crippen molar-refractivity contribution in [2.45, 2.75) is 13.0 Å². The van der Waals surface area contributed by atoms with E-state index in [-0.39, 0.29) is 0 Å². The van der Waals surface area contributed by atoms with Gasteiger partial charge in [0, 0.05) is 12.1 Å². The van der Waals surface area contributed by atoms with Crippen molar-refractivity contribution in [3.05, 3.63) is 36.4 Å². The number of methoxy groups -OCH3 is 1. The topological polar surface area (TPSA) is 30.5 Å². The van der Waals surface area contributed by atoms with E-state index in [1.54, 1.807) is 7.11 Å². The Balaban J connectivity index is 2.76. The van der Waals surface area contributed by atoms with Gasteiger partial charge in [0.2, 0.25) is 0 Å². The molecule has 1 aromatic carbocycles. The van der Waals surface area contributed by atoms with Crippen LogP contribution in [0, 0.1) is 0 Å². The number of hydrogen-bond acceptors (Lipinski definition) is 3. The van der Waals surface area contributed by atoms with Gasteiger partial charge in [-0.1, -0.05) is 6.08 Å². The Bertz CT molecular complexity index is 337. The van der Waals surface area contributed by atoms with Crippen LogP contribution in [0.5, 0.6) is 11.5 Å². The van der Waals surface area contributed by atoms with Crippen LogP contribution in [0.2, 0.25) is 0 Å². The van der Waals surface area contributed by atoms with E-state index in [2.05, 4.69) is 11.9 Å². The summed E-state index contributed by atoms with van der Waals surface area (Å²) in [7, 11) is 3.57. The SMILES string of the molecule is C=CCCOc1ccc(OC)cc1CNC. The van der Waals surface area contributed by atoms with E-state index in [1.807, 2.05) is 31.3 Å². The summed E-state index contributed by atoms with van der Waals surface area (Å²) >= 11 is 0. The maximum Gasteiger partial charge on any atom is 0.124 e. The van der Waals surface area contributed by atoms with Gasteiger partial charge >= 0.3 is 0 Å². The fourth-order valence-electron chi connectivity index (χ4n) is 1.40. The van der Waals surface area contributed by atoms with Gasteiger partial charge in [0.1, 0.15) is 11.5 Å². The molecule has 0 aliphatic heterocycles. The highest BCUT2D eigenvalue weighted by atomic mass is 16.5. The monoisotopic (exact) mass is 221 g/mol. The molecule has 0 radical (unpaired) electrons. The van der Waals surface area contributed by atoms with Crippen molar-refractivity contribution < 1.29 is 9.47 Å². The van der Waals surface area contributed by atoms with E-state index in [1.165, 1.54) is 0 Å². The van der Waals surface area contributed by atoms with Crippen molar-refractivity contribution in [3.63, 3.8) is 0 Å². The van der Waals surface area contributed by atoms with Crippen molar-refractivity contribution in [2.24, 2.45) is 0 Å². The molecule has 0 fully saturated rings. The second kappa shape index (κ2) is 6.90. The third-order valence-corrected chi connectivity index (χ3v) is 2.21. The largest absolute Gasteiger partial charge is 0.497 e. The van der Waals surface area contributed by atoms with E-state index in [9.17, 15) is 0 Å². The number of hydrogen-bond donors (Lipinski definition) is 1. The van der Waals surface area contributed by atoms with E-state index in [0.717, 1.165) is 30.0 Å². The zero-order chi connectivity index (χ0) is 11.8. The molecule has 1 aromatic rings. The van der Waals surface area contributed by atoms with Crippen LogP contribution in [0.1, 0.15) is 12.0 Å². The maximum atomic E-state index is 5.66. The second-order valence-corrected chi connectivity index (χ2v) is 3.43. The number of rotatable bonds is 7. The second-order valence-electron chi connectivity index (χ2n) is 3.43. The Kier molecular flexibility index (Phi) is 5.43. The smallest absolute Gasteiger partial charge is 0.124 e. The molecular weight excluding hydrogens is 202 g/mol. The standard InChI is InChI=1S/C13H19NO2/c1-4-5-8-16-13-7-6-12(15-3)9-11(13)10-14-2/h4,6-7,9,14H,1,5,8,10H2,2-3H3. The predicted octanol–water partition coefficient (Wildman–Crippen LogP) is 2.37. The molecule has 0 aliphatic carbocycles. The lowest BCUT2D eigenvalue weighted by molar-refractivity contribution is 0.320. The number of nitrogens with one attached hydrogen (secondary N) is 1. The first-order chi connectivity index (χ1) is 7.81. The van der Waals surface area contributed by atoms with Crippen LogP contribution in [0.4, 0.5) is 0 Å². The third kappa shape index (κ3) is 3.59. The molecule has 0 unspecified atom stereocenters. The van der Waals surface area contributed by atoms with Gasteiger partial charge in [0.25, 0.3) is 0 Å². The molecular formula is C13H19NO2. The van der Waals surface area contributed by atoms with Crippen LogP contribution in [0.3, 0.4) is 0 Å². The van der Waals surface area contributed by atoms with Crippen molar-refractivity contribution in [1.82, 2.24) is 5.32 Å². The van der Waals surface area contributed by atoms with E-state index in [4.69, 9.17) is 9.47 Å². The molecule has 0 atom stereocenters. The van der Waals surface area contributed by atoms with Gasteiger partial charge in [0.05, 0.1) is 13.7 Å². The van der Waals surface area contributed by atoms with Crippen molar-refractivity contribution in [2.75, 3.05) is 20.8 Å². The molecule has 16 heavy (non-hydrogen) atoms. The number of ether oxygens (including phenoxy) is 2. The van der Waals surface area contributed by atoms with Gasteiger partial charge in [-0.05, 0) is 31.7 Å². The molecule has 0 aromatic heterocycles. The first kappa shape index (κ1) is 12.6. The summed E-state index contributed by atoms with van der Waals surface area (Å²) in [6, 6.07) is 5.83. The van der Waals surface area contributed by atoms with Crippen LogP contribution in [-0.2, 0) is 6.54 Å². The minimum absolute atomic E-state index is 0.659. The molecule has 1 rings (SSSR count). The maximum absolute atomic E-state index is 5.66. The van der Waals surface area contributed by atoms with Gasteiger partial charge in [-0.15, -0.1) is 6.58 Å². The summed E-state index contributed by atoms with van der Waals surface area (Å²) in [5.74, 6) is 1.75. The van der Waals surface area contributed by atoms with Gasteiger partial charge in [0.15, 0.2) is 0 Å². The molecule has 3 heteroatoms. The molecule has 0 amide bonds. The minimum Gasteiger partial charge on any atom is -0.497 e.